The summed E-state index contributed by atoms with van der Waals surface area (Å²) in [5.41, 5.74) is 2.10. The molecule has 1 heterocycles. The number of nitrogens with zero attached hydrogens (tertiary/aromatic N) is 1. The first kappa shape index (κ1) is 17.4. The predicted octanol–water partition coefficient (Wildman–Crippen LogP) is 3.50. The molecule has 0 unspecified atom stereocenters. The van der Waals surface area contributed by atoms with Gasteiger partial charge in [0.2, 0.25) is 0 Å². The molecule has 3 N–H and O–H groups in total. The van der Waals surface area contributed by atoms with Gasteiger partial charge >= 0.3 is 12.0 Å². The van der Waals surface area contributed by atoms with Gasteiger partial charge in [0.1, 0.15) is 0 Å². The van der Waals surface area contributed by atoms with E-state index in [4.69, 9.17) is 5.11 Å². The molecule has 25 heavy (non-hydrogen) atoms. The number of nitrogens with one attached hydrogen (secondary N) is 2. The molecule has 1 aliphatic carbocycles. The number of carboxylic acids is 1. The maximum absolute atomic E-state index is 12.1. The average Bonchev–Trinajstić information content (AvgIpc) is 3.03. The minimum atomic E-state index is -0.739. The number of amides is 2. The van der Waals surface area contributed by atoms with Crippen LogP contribution >= 0.6 is 11.3 Å². The number of carboxylic acid groups (broad SMARTS) is 1. The molecule has 3 rings (SSSR count). The van der Waals surface area contributed by atoms with E-state index in [0.29, 0.717) is 30.8 Å². The van der Waals surface area contributed by atoms with Crippen molar-refractivity contribution in [3.8, 4) is 0 Å². The summed E-state index contributed by atoms with van der Waals surface area (Å²) < 4.78 is 0. The van der Waals surface area contributed by atoms with Crippen molar-refractivity contribution in [2.75, 3.05) is 5.32 Å². The monoisotopic (exact) mass is 359 g/mol. The van der Waals surface area contributed by atoms with Crippen LogP contribution in [-0.4, -0.2) is 28.1 Å². The van der Waals surface area contributed by atoms with Crippen LogP contribution < -0.4 is 10.6 Å². The van der Waals surface area contributed by atoms with Crippen LogP contribution in [0.4, 0.5) is 9.93 Å². The van der Waals surface area contributed by atoms with Gasteiger partial charge in [0, 0.05) is 17.8 Å². The second-order valence-corrected chi connectivity index (χ2v) is 7.15. The molecule has 0 atom stereocenters. The fraction of sp³-hybridized carbons (Fsp3) is 0.389. The molecule has 0 aliphatic heterocycles. The van der Waals surface area contributed by atoms with E-state index in [1.165, 1.54) is 16.9 Å². The molecule has 0 radical (unpaired) electrons. The highest BCUT2D eigenvalue weighted by Crippen LogP contribution is 2.24. The first-order chi connectivity index (χ1) is 12.1. The third kappa shape index (κ3) is 5.03. The van der Waals surface area contributed by atoms with E-state index < -0.39 is 5.97 Å². The van der Waals surface area contributed by atoms with Crippen LogP contribution in [-0.2, 0) is 11.2 Å². The van der Waals surface area contributed by atoms with Gasteiger partial charge in [-0.1, -0.05) is 30.3 Å². The minimum absolute atomic E-state index is 0.0272. The Kier molecular flexibility index (Phi) is 5.65. The summed E-state index contributed by atoms with van der Waals surface area (Å²) >= 11 is 1.40. The average molecular weight is 359 g/mol. The molecule has 2 amide bonds. The van der Waals surface area contributed by atoms with Crippen molar-refractivity contribution >= 4 is 28.5 Å². The third-order valence-electron chi connectivity index (χ3n) is 4.41. The lowest BCUT2D eigenvalue weighted by molar-refractivity contribution is -0.142. The molecule has 1 fully saturated rings. The Hall–Kier alpha value is -2.41. The van der Waals surface area contributed by atoms with E-state index in [-0.39, 0.29) is 18.0 Å². The number of aliphatic carboxylic acids is 1. The Morgan fingerprint density at radius 3 is 2.56 bits per heavy atom. The minimum Gasteiger partial charge on any atom is -0.481 e. The highest BCUT2D eigenvalue weighted by molar-refractivity contribution is 7.13. The largest absolute Gasteiger partial charge is 0.481 e. The van der Waals surface area contributed by atoms with E-state index in [1.54, 1.807) is 0 Å². The van der Waals surface area contributed by atoms with E-state index in [1.807, 2.05) is 35.7 Å². The first-order valence-corrected chi connectivity index (χ1v) is 9.27. The van der Waals surface area contributed by atoms with Crippen LogP contribution in [0.1, 0.15) is 36.9 Å². The molecule has 132 valence electrons. The Balaban J connectivity index is 1.46. The molecule has 1 saturated carbocycles. The van der Waals surface area contributed by atoms with Gasteiger partial charge < -0.3 is 10.4 Å². The topological polar surface area (TPSA) is 91.3 Å². The Labute approximate surface area is 150 Å². The lowest BCUT2D eigenvalue weighted by atomic mass is 9.86. The van der Waals surface area contributed by atoms with E-state index in [9.17, 15) is 9.59 Å². The number of aromatic nitrogens is 1. The SMILES string of the molecule is O=C(Nc1nc(Cc2ccccc2)cs1)NC1CCC(C(=O)O)CC1. The van der Waals surface area contributed by atoms with Crippen LogP contribution in [0.3, 0.4) is 0 Å². The molecule has 6 nitrogen and oxygen atoms in total. The maximum atomic E-state index is 12.1. The number of anilines is 1. The predicted molar refractivity (Wildman–Crippen MR) is 96.9 cm³/mol. The number of benzene rings is 1. The zero-order valence-electron chi connectivity index (χ0n) is 13.8. The Morgan fingerprint density at radius 1 is 1.16 bits per heavy atom. The molecule has 0 bridgehead atoms. The van der Waals surface area contributed by atoms with Crippen LogP contribution in [0.25, 0.3) is 0 Å². The van der Waals surface area contributed by atoms with Crippen molar-refractivity contribution < 1.29 is 14.7 Å². The number of rotatable bonds is 5. The second kappa shape index (κ2) is 8.11. The third-order valence-corrected chi connectivity index (χ3v) is 5.22. The fourth-order valence-corrected chi connectivity index (χ4v) is 3.76. The maximum Gasteiger partial charge on any atom is 0.321 e. The number of hydrogen-bond donors (Lipinski definition) is 3. The van der Waals surface area contributed by atoms with Gasteiger partial charge in [-0.15, -0.1) is 11.3 Å². The quantitative estimate of drug-likeness (QED) is 0.762. The summed E-state index contributed by atoms with van der Waals surface area (Å²) in [7, 11) is 0. The van der Waals surface area contributed by atoms with Crippen LogP contribution in [0.15, 0.2) is 35.7 Å². The van der Waals surface area contributed by atoms with Crippen LogP contribution in [0, 0.1) is 5.92 Å². The molecule has 7 heteroatoms. The van der Waals surface area contributed by atoms with Crippen LogP contribution in [0.5, 0.6) is 0 Å². The molecule has 1 aromatic heterocycles. The summed E-state index contributed by atoms with van der Waals surface area (Å²) in [5, 5.41) is 17.2. The number of thiazole rings is 1. The Morgan fingerprint density at radius 2 is 1.88 bits per heavy atom. The van der Waals surface area contributed by atoms with Crippen molar-refractivity contribution in [2.24, 2.45) is 5.92 Å². The summed E-state index contributed by atoms with van der Waals surface area (Å²) in [6.45, 7) is 0. The molecule has 1 aromatic carbocycles. The molecule has 1 aliphatic rings. The van der Waals surface area contributed by atoms with Crippen molar-refractivity contribution in [1.29, 1.82) is 0 Å². The molecule has 2 aromatic rings. The number of carbonyl (C=O) groups excluding carboxylic acids is 1. The van der Waals surface area contributed by atoms with Crippen molar-refractivity contribution in [3.05, 3.63) is 47.0 Å². The summed E-state index contributed by atoms with van der Waals surface area (Å²) in [6.07, 6.45) is 3.35. The van der Waals surface area contributed by atoms with Crippen molar-refractivity contribution in [2.45, 2.75) is 38.1 Å². The smallest absolute Gasteiger partial charge is 0.321 e. The standard InChI is InChI=1S/C18H21N3O3S/c22-16(23)13-6-8-14(9-7-13)19-17(24)21-18-20-15(11-25-18)10-12-4-2-1-3-5-12/h1-5,11,13-14H,6-10H2,(H,22,23)(H2,19,20,21,24). The fourth-order valence-electron chi connectivity index (χ4n) is 3.05. The van der Waals surface area contributed by atoms with Gasteiger partial charge in [0.05, 0.1) is 11.6 Å². The van der Waals surface area contributed by atoms with Crippen molar-refractivity contribution in [3.63, 3.8) is 0 Å². The van der Waals surface area contributed by atoms with E-state index in [2.05, 4.69) is 15.6 Å². The summed E-state index contributed by atoms with van der Waals surface area (Å²) in [6, 6.07) is 9.81. The second-order valence-electron chi connectivity index (χ2n) is 6.29. The lowest BCUT2D eigenvalue weighted by Gasteiger charge is -2.26. The molecular weight excluding hydrogens is 338 g/mol. The van der Waals surface area contributed by atoms with Gasteiger partial charge in [0.15, 0.2) is 5.13 Å². The summed E-state index contributed by atoms with van der Waals surface area (Å²) in [5.74, 6) is -1.02. The molecule has 0 saturated heterocycles. The van der Waals surface area contributed by atoms with Gasteiger partial charge in [-0.2, -0.15) is 0 Å². The number of hydrogen-bond acceptors (Lipinski definition) is 4. The Bertz CT molecular complexity index is 724. The van der Waals surface area contributed by atoms with E-state index in [0.717, 1.165) is 12.1 Å². The van der Waals surface area contributed by atoms with Crippen molar-refractivity contribution in [1.82, 2.24) is 10.3 Å². The highest BCUT2D eigenvalue weighted by atomic mass is 32.1. The summed E-state index contributed by atoms with van der Waals surface area (Å²) in [4.78, 5) is 27.5. The van der Waals surface area contributed by atoms with Gasteiger partial charge in [-0.25, -0.2) is 9.78 Å². The highest BCUT2D eigenvalue weighted by Gasteiger charge is 2.26. The van der Waals surface area contributed by atoms with Gasteiger partial charge in [-0.05, 0) is 31.2 Å². The van der Waals surface area contributed by atoms with Crippen LogP contribution in [0.2, 0.25) is 0 Å². The first-order valence-electron chi connectivity index (χ1n) is 8.39. The lowest BCUT2D eigenvalue weighted by Crippen LogP contribution is -2.40. The molecular formula is C18H21N3O3S. The van der Waals surface area contributed by atoms with Gasteiger partial charge in [0.25, 0.3) is 0 Å². The zero-order chi connectivity index (χ0) is 17.6. The zero-order valence-corrected chi connectivity index (χ0v) is 14.6. The normalized spacial score (nSPS) is 20.0. The number of urea groups is 1. The van der Waals surface area contributed by atoms with Gasteiger partial charge in [-0.3, -0.25) is 10.1 Å². The number of carbonyl (C=O) groups is 2. The molecule has 0 spiro atoms. The van der Waals surface area contributed by atoms with E-state index >= 15 is 0 Å².